The maximum atomic E-state index is 13.2. The van der Waals surface area contributed by atoms with Crippen LogP contribution in [-0.2, 0) is 16.1 Å². The van der Waals surface area contributed by atoms with E-state index in [-0.39, 0.29) is 24.5 Å². The topological polar surface area (TPSA) is 58.6 Å². The predicted octanol–water partition coefficient (Wildman–Crippen LogP) is 5.22. The second-order valence-corrected chi connectivity index (χ2v) is 8.76. The van der Waals surface area contributed by atoms with Crippen LogP contribution in [0.2, 0.25) is 0 Å². The number of carbonyl (C=O) groups is 2. The number of benzene rings is 2. The summed E-state index contributed by atoms with van der Waals surface area (Å²) in [7, 11) is 0. The van der Waals surface area contributed by atoms with E-state index in [1.807, 2.05) is 76.2 Å². The molecular weight excluding hydrogens is 400 g/mol. The number of nitrogens with zero attached hydrogens (tertiary/aromatic N) is 1. The summed E-state index contributed by atoms with van der Waals surface area (Å²) >= 11 is 0. The summed E-state index contributed by atoms with van der Waals surface area (Å²) in [6.07, 6.45) is 1.37. The van der Waals surface area contributed by atoms with E-state index in [2.05, 4.69) is 19.2 Å². The van der Waals surface area contributed by atoms with E-state index in [1.165, 1.54) is 5.56 Å². The molecule has 1 N–H and O–H groups in total. The molecule has 2 rings (SSSR count). The molecule has 2 aromatic rings. The first kappa shape index (κ1) is 25.4. The van der Waals surface area contributed by atoms with E-state index < -0.39 is 6.04 Å². The van der Waals surface area contributed by atoms with Gasteiger partial charge >= 0.3 is 0 Å². The Kier molecular flexibility index (Phi) is 9.76. The van der Waals surface area contributed by atoms with Crippen molar-refractivity contribution in [3.63, 3.8) is 0 Å². The Morgan fingerprint density at radius 2 is 1.56 bits per heavy atom. The predicted molar refractivity (Wildman–Crippen MR) is 130 cm³/mol. The molecule has 0 unspecified atom stereocenters. The molecule has 0 fully saturated rings. The Morgan fingerprint density at radius 1 is 0.938 bits per heavy atom. The lowest BCUT2D eigenvalue weighted by Gasteiger charge is -2.31. The van der Waals surface area contributed by atoms with Gasteiger partial charge in [-0.25, -0.2) is 0 Å². The first-order valence-corrected chi connectivity index (χ1v) is 11.6. The quantitative estimate of drug-likeness (QED) is 0.523. The van der Waals surface area contributed by atoms with Gasteiger partial charge in [0.25, 0.3) is 5.91 Å². The van der Waals surface area contributed by atoms with Gasteiger partial charge in [0, 0.05) is 12.6 Å². The first-order chi connectivity index (χ1) is 15.2. The minimum atomic E-state index is -0.551. The third-order valence-electron chi connectivity index (χ3n) is 5.77. The molecular formula is C27H38N2O3. The van der Waals surface area contributed by atoms with Gasteiger partial charge in [-0.3, -0.25) is 9.59 Å². The third kappa shape index (κ3) is 7.40. The van der Waals surface area contributed by atoms with Crippen molar-refractivity contribution in [1.82, 2.24) is 10.2 Å². The van der Waals surface area contributed by atoms with E-state index in [4.69, 9.17) is 4.74 Å². The van der Waals surface area contributed by atoms with E-state index in [0.29, 0.717) is 24.6 Å². The average molecular weight is 439 g/mol. The van der Waals surface area contributed by atoms with E-state index >= 15 is 0 Å². The van der Waals surface area contributed by atoms with Crippen LogP contribution in [0.15, 0.2) is 48.5 Å². The van der Waals surface area contributed by atoms with Crippen LogP contribution in [0.1, 0.15) is 70.1 Å². The van der Waals surface area contributed by atoms with Crippen molar-refractivity contribution in [3.05, 3.63) is 65.2 Å². The Bertz CT molecular complexity index is 859. The van der Waals surface area contributed by atoms with Crippen LogP contribution in [-0.4, -0.2) is 35.4 Å². The Hall–Kier alpha value is -2.82. The highest BCUT2D eigenvalue weighted by atomic mass is 16.5. The second-order valence-electron chi connectivity index (χ2n) is 8.76. The lowest BCUT2D eigenvalue weighted by Crippen LogP contribution is -2.51. The van der Waals surface area contributed by atoms with Crippen LogP contribution in [0.4, 0.5) is 0 Å². The molecule has 0 bridgehead atoms. The molecule has 2 amide bonds. The number of aryl methyl sites for hydroxylation is 1. The molecule has 0 radical (unpaired) electrons. The molecule has 0 aromatic heterocycles. The molecule has 0 aliphatic heterocycles. The number of rotatable bonds is 11. The van der Waals surface area contributed by atoms with Gasteiger partial charge < -0.3 is 15.0 Å². The summed E-state index contributed by atoms with van der Waals surface area (Å²) in [6.45, 7) is 12.5. The van der Waals surface area contributed by atoms with Crippen molar-refractivity contribution in [3.8, 4) is 5.75 Å². The molecule has 2 atom stereocenters. The molecule has 0 aliphatic carbocycles. The van der Waals surface area contributed by atoms with Crippen molar-refractivity contribution >= 4 is 11.8 Å². The van der Waals surface area contributed by atoms with E-state index in [9.17, 15) is 9.59 Å². The third-order valence-corrected chi connectivity index (χ3v) is 5.77. The van der Waals surface area contributed by atoms with Crippen LogP contribution in [0.3, 0.4) is 0 Å². The van der Waals surface area contributed by atoms with Crippen LogP contribution >= 0.6 is 0 Å². The summed E-state index contributed by atoms with van der Waals surface area (Å²) in [5.41, 5.74) is 3.36. The SMILES string of the molecule is CC[C@H](C)NC(=O)[C@H](CC)N(Cc1ccc(C)cc1)C(=O)COc1ccc(C(C)C)cc1. The zero-order valence-electron chi connectivity index (χ0n) is 20.4. The van der Waals surface area contributed by atoms with Gasteiger partial charge in [0.05, 0.1) is 0 Å². The summed E-state index contributed by atoms with van der Waals surface area (Å²) in [4.78, 5) is 27.9. The summed E-state index contributed by atoms with van der Waals surface area (Å²) < 4.78 is 5.79. The molecule has 0 saturated carbocycles. The average Bonchev–Trinajstić information content (AvgIpc) is 2.78. The lowest BCUT2D eigenvalue weighted by atomic mass is 10.0. The summed E-state index contributed by atoms with van der Waals surface area (Å²) in [6, 6.07) is 15.4. The lowest BCUT2D eigenvalue weighted by molar-refractivity contribution is -0.143. The van der Waals surface area contributed by atoms with Crippen molar-refractivity contribution in [2.75, 3.05) is 6.61 Å². The van der Waals surface area contributed by atoms with Crippen molar-refractivity contribution in [2.45, 2.75) is 78.9 Å². The van der Waals surface area contributed by atoms with Crippen molar-refractivity contribution < 1.29 is 14.3 Å². The zero-order chi connectivity index (χ0) is 23.7. The molecule has 5 nitrogen and oxygen atoms in total. The largest absolute Gasteiger partial charge is 0.484 e. The molecule has 0 aliphatic rings. The minimum Gasteiger partial charge on any atom is -0.484 e. The van der Waals surface area contributed by atoms with Gasteiger partial charge in [0.15, 0.2) is 6.61 Å². The highest BCUT2D eigenvalue weighted by Crippen LogP contribution is 2.19. The zero-order valence-corrected chi connectivity index (χ0v) is 20.4. The van der Waals surface area contributed by atoms with Crippen LogP contribution in [0, 0.1) is 6.92 Å². The van der Waals surface area contributed by atoms with Crippen LogP contribution in [0.25, 0.3) is 0 Å². The number of hydrogen-bond acceptors (Lipinski definition) is 3. The monoisotopic (exact) mass is 438 g/mol. The molecule has 32 heavy (non-hydrogen) atoms. The van der Waals surface area contributed by atoms with E-state index in [0.717, 1.165) is 17.5 Å². The fraction of sp³-hybridized carbons (Fsp3) is 0.481. The van der Waals surface area contributed by atoms with Crippen molar-refractivity contribution in [2.24, 2.45) is 0 Å². The van der Waals surface area contributed by atoms with Gasteiger partial charge in [-0.1, -0.05) is 69.7 Å². The van der Waals surface area contributed by atoms with Gasteiger partial charge in [-0.05, 0) is 55.9 Å². The van der Waals surface area contributed by atoms with Crippen LogP contribution in [0.5, 0.6) is 5.75 Å². The smallest absolute Gasteiger partial charge is 0.261 e. The highest BCUT2D eigenvalue weighted by Gasteiger charge is 2.29. The molecule has 0 spiro atoms. The number of amides is 2. The first-order valence-electron chi connectivity index (χ1n) is 11.6. The van der Waals surface area contributed by atoms with Gasteiger partial charge in [0.1, 0.15) is 11.8 Å². The molecule has 0 heterocycles. The number of hydrogen-bond donors (Lipinski definition) is 1. The van der Waals surface area contributed by atoms with Gasteiger partial charge in [-0.2, -0.15) is 0 Å². The van der Waals surface area contributed by atoms with Crippen LogP contribution < -0.4 is 10.1 Å². The van der Waals surface area contributed by atoms with E-state index in [1.54, 1.807) is 4.90 Å². The Labute approximate surface area is 193 Å². The Balaban J connectivity index is 2.18. The normalized spacial score (nSPS) is 12.8. The van der Waals surface area contributed by atoms with Gasteiger partial charge in [-0.15, -0.1) is 0 Å². The Morgan fingerprint density at radius 3 is 2.09 bits per heavy atom. The fourth-order valence-electron chi connectivity index (χ4n) is 3.43. The molecule has 5 heteroatoms. The molecule has 0 saturated heterocycles. The number of carbonyl (C=O) groups excluding carboxylic acids is 2. The highest BCUT2D eigenvalue weighted by molar-refractivity contribution is 5.88. The standard InChI is InChI=1S/C27H38N2O3/c1-7-21(6)28-27(31)25(8-2)29(17-22-11-9-20(5)10-12-22)26(30)18-32-24-15-13-23(14-16-24)19(3)4/h9-16,19,21,25H,7-8,17-18H2,1-6H3,(H,28,31)/t21-,25-/m0/s1. The molecule has 174 valence electrons. The maximum Gasteiger partial charge on any atom is 0.261 e. The molecule has 2 aromatic carbocycles. The van der Waals surface area contributed by atoms with Gasteiger partial charge in [0.2, 0.25) is 5.91 Å². The number of nitrogens with one attached hydrogen (secondary N) is 1. The fourth-order valence-corrected chi connectivity index (χ4v) is 3.43. The number of ether oxygens (including phenoxy) is 1. The maximum absolute atomic E-state index is 13.2. The second kappa shape index (κ2) is 12.3. The van der Waals surface area contributed by atoms with Crippen molar-refractivity contribution in [1.29, 1.82) is 0 Å². The summed E-state index contributed by atoms with van der Waals surface area (Å²) in [5.74, 6) is 0.758. The minimum absolute atomic E-state index is 0.0589. The summed E-state index contributed by atoms with van der Waals surface area (Å²) in [5, 5.41) is 3.03.